The predicted molar refractivity (Wildman–Crippen MR) is 60.9 cm³/mol. The van der Waals surface area contributed by atoms with E-state index in [1.165, 1.54) is 10.5 Å². The number of rotatable bonds is 4. The minimum atomic E-state index is -3.48. The first-order valence-electron chi connectivity index (χ1n) is 5.41. The molecule has 7 nitrogen and oxygen atoms in total. The van der Waals surface area contributed by atoms with E-state index in [-0.39, 0.29) is 5.03 Å². The first kappa shape index (κ1) is 12.5. The Bertz CT molecular complexity index is 464. The Hall–Kier alpha value is -0.960. The molecule has 2 N–H and O–H groups in total. The van der Waals surface area contributed by atoms with E-state index < -0.39 is 10.0 Å². The van der Waals surface area contributed by atoms with Gasteiger partial charge in [-0.15, -0.1) is 0 Å². The van der Waals surface area contributed by atoms with E-state index in [0.29, 0.717) is 38.4 Å². The normalized spacial score (nSPS) is 18.4. The van der Waals surface area contributed by atoms with Crippen LogP contribution in [0.2, 0.25) is 0 Å². The highest BCUT2D eigenvalue weighted by molar-refractivity contribution is 7.89. The van der Waals surface area contributed by atoms with Crippen LogP contribution in [0.15, 0.2) is 11.2 Å². The van der Waals surface area contributed by atoms with Gasteiger partial charge in [0.05, 0.1) is 19.4 Å². The van der Waals surface area contributed by atoms with Crippen molar-refractivity contribution in [2.24, 2.45) is 0 Å². The second-order valence-electron chi connectivity index (χ2n) is 3.77. The minimum Gasteiger partial charge on any atom is -0.379 e. The monoisotopic (exact) mass is 260 g/mol. The van der Waals surface area contributed by atoms with Gasteiger partial charge in [0.25, 0.3) is 10.0 Å². The van der Waals surface area contributed by atoms with Gasteiger partial charge in [0.1, 0.15) is 0 Å². The van der Waals surface area contributed by atoms with Crippen LogP contribution in [0.4, 0.5) is 0 Å². The van der Waals surface area contributed by atoms with Crippen LogP contribution >= 0.6 is 0 Å². The third-order valence-electron chi connectivity index (χ3n) is 2.61. The summed E-state index contributed by atoms with van der Waals surface area (Å²) in [4.78, 5) is 0. The largest absolute Gasteiger partial charge is 0.379 e. The number of hydrogen-bond donors (Lipinski definition) is 2. The molecule has 2 heterocycles. The maximum absolute atomic E-state index is 12.3. The third-order valence-corrected chi connectivity index (χ3v) is 4.53. The molecule has 1 aliphatic rings. The number of H-pyrrole nitrogens is 1. The van der Waals surface area contributed by atoms with Gasteiger partial charge < -0.3 is 10.1 Å². The molecule has 0 amide bonds. The summed E-state index contributed by atoms with van der Waals surface area (Å²) in [5.41, 5.74) is 0.652. The molecule has 8 heteroatoms. The number of aromatic nitrogens is 2. The molecule has 1 aromatic heterocycles. The van der Waals surface area contributed by atoms with Crippen LogP contribution in [-0.4, -0.2) is 56.3 Å². The van der Waals surface area contributed by atoms with E-state index in [1.807, 2.05) is 0 Å². The average molecular weight is 260 g/mol. The molecule has 1 fully saturated rings. The van der Waals surface area contributed by atoms with Crippen LogP contribution in [-0.2, 0) is 21.3 Å². The number of sulfonamides is 1. The summed E-state index contributed by atoms with van der Waals surface area (Å²) in [6, 6.07) is 0. The Morgan fingerprint density at radius 1 is 1.53 bits per heavy atom. The summed E-state index contributed by atoms with van der Waals surface area (Å²) in [7, 11) is -1.71. The Labute approximate surface area is 100 Å². The van der Waals surface area contributed by atoms with Crippen LogP contribution < -0.4 is 5.32 Å². The molecule has 0 bridgehead atoms. The first-order chi connectivity index (χ1) is 8.16. The molecule has 0 saturated carbocycles. The second kappa shape index (κ2) is 5.13. The van der Waals surface area contributed by atoms with Gasteiger partial charge >= 0.3 is 0 Å². The van der Waals surface area contributed by atoms with Gasteiger partial charge in [-0.1, -0.05) is 0 Å². The summed E-state index contributed by atoms with van der Waals surface area (Å²) in [6.45, 7) is 2.12. The van der Waals surface area contributed by atoms with Crippen molar-refractivity contribution < 1.29 is 13.2 Å². The van der Waals surface area contributed by atoms with Gasteiger partial charge in [-0.05, 0) is 7.05 Å². The fourth-order valence-corrected chi connectivity index (χ4v) is 3.27. The van der Waals surface area contributed by atoms with Crippen molar-refractivity contribution >= 4 is 10.0 Å². The van der Waals surface area contributed by atoms with Crippen LogP contribution in [0.5, 0.6) is 0 Å². The number of nitrogens with one attached hydrogen (secondary N) is 2. The molecule has 1 aliphatic heterocycles. The van der Waals surface area contributed by atoms with Crippen molar-refractivity contribution in [1.82, 2.24) is 19.8 Å². The molecule has 2 rings (SSSR count). The zero-order valence-electron chi connectivity index (χ0n) is 9.64. The SMILES string of the molecule is CNCc1cn[nH]c1S(=O)(=O)N1CCOCC1. The van der Waals surface area contributed by atoms with Crippen LogP contribution in [0.1, 0.15) is 5.56 Å². The van der Waals surface area contributed by atoms with Gasteiger partial charge in [0.2, 0.25) is 0 Å². The van der Waals surface area contributed by atoms with E-state index in [4.69, 9.17) is 4.74 Å². The fraction of sp³-hybridized carbons (Fsp3) is 0.667. The van der Waals surface area contributed by atoms with E-state index in [1.54, 1.807) is 7.05 Å². The molecule has 0 aromatic carbocycles. The lowest BCUT2D eigenvalue weighted by Gasteiger charge is -2.25. The van der Waals surface area contributed by atoms with Gasteiger partial charge in [-0.3, -0.25) is 5.10 Å². The number of hydrogen-bond acceptors (Lipinski definition) is 5. The van der Waals surface area contributed by atoms with Gasteiger partial charge in [-0.2, -0.15) is 9.40 Å². The molecular weight excluding hydrogens is 244 g/mol. The van der Waals surface area contributed by atoms with E-state index in [0.717, 1.165) is 0 Å². The third kappa shape index (κ3) is 2.49. The minimum absolute atomic E-state index is 0.175. The predicted octanol–water partition coefficient (Wildman–Crippen LogP) is -0.850. The second-order valence-corrected chi connectivity index (χ2v) is 5.65. The molecule has 0 spiro atoms. The molecule has 0 unspecified atom stereocenters. The van der Waals surface area contributed by atoms with Gasteiger partial charge in [0.15, 0.2) is 5.03 Å². The fourth-order valence-electron chi connectivity index (χ4n) is 1.76. The summed E-state index contributed by atoms with van der Waals surface area (Å²) >= 11 is 0. The lowest BCUT2D eigenvalue weighted by molar-refractivity contribution is 0.0729. The Morgan fingerprint density at radius 2 is 2.24 bits per heavy atom. The van der Waals surface area contributed by atoms with Crippen LogP contribution in [0.3, 0.4) is 0 Å². The first-order valence-corrected chi connectivity index (χ1v) is 6.85. The van der Waals surface area contributed by atoms with Crippen molar-refractivity contribution in [2.75, 3.05) is 33.4 Å². The number of nitrogens with zero attached hydrogens (tertiary/aromatic N) is 2. The zero-order chi connectivity index (χ0) is 12.3. The van der Waals surface area contributed by atoms with Crippen LogP contribution in [0, 0.1) is 0 Å². The molecule has 0 atom stereocenters. The maximum atomic E-state index is 12.3. The molecule has 1 saturated heterocycles. The van der Waals surface area contributed by atoms with Gasteiger partial charge in [-0.25, -0.2) is 8.42 Å². The van der Waals surface area contributed by atoms with E-state index in [9.17, 15) is 8.42 Å². The van der Waals surface area contributed by atoms with Crippen molar-refractivity contribution in [1.29, 1.82) is 0 Å². The topological polar surface area (TPSA) is 87.3 Å². The quantitative estimate of drug-likeness (QED) is 0.736. The molecule has 17 heavy (non-hydrogen) atoms. The van der Waals surface area contributed by atoms with Crippen molar-refractivity contribution in [3.05, 3.63) is 11.8 Å². The number of ether oxygens (including phenoxy) is 1. The van der Waals surface area contributed by atoms with Crippen molar-refractivity contribution in [3.63, 3.8) is 0 Å². The molecule has 0 radical (unpaired) electrons. The molecule has 0 aliphatic carbocycles. The Kier molecular flexibility index (Phi) is 3.77. The lowest BCUT2D eigenvalue weighted by atomic mass is 10.4. The van der Waals surface area contributed by atoms with E-state index >= 15 is 0 Å². The zero-order valence-corrected chi connectivity index (χ0v) is 10.5. The van der Waals surface area contributed by atoms with Crippen LogP contribution in [0.25, 0.3) is 0 Å². The van der Waals surface area contributed by atoms with Gasteiger partial charge in [0, 0.05) is 25.2 Å². The summed E-state index contributed by atoms with van der Waals surface area (Å²) in [6.07, 6.45) is 1.53. The Morgan fingerprint density at radius 3 is 2.88 bits per heavy atom. The summed E-state index contributed by atoms with van der Waals surface area (Å²) in [5, 5.41) is 9.46. The molecule has 1 aromatic rings. The van der Waals surface area contributed by atoms with Crippen molar-refractivity contribution in [2.45, 2.75) is 11.6 Å². The highest BCUT2D eigenvalue weighted by Crippen LogP contribution is 2.18. The highest BCUT2D eigenvalue weighted by Gasteiger charge is 2.29. The Balaban J connectivity index is 2.27. The number of morpholine rings is 1. The smallest absolute Gasteiger partial charge is 0.260 e. The summed E-state index contributed by atoms with van der Waals surface area (Å²) in [5.74, 6) is 0. The molecule has 96 valence electrons. The summed E-state index contributed by atoms with van der Waals surface area (Å²) < 4.78 is 31.2. The molecular formula is C9H16N4O3S. The van der Waals surface area contributed by atoms with Crippen molar-refractivity contribution in [3.8, 4) is 0 Å². The lowest BCUT2D eigenvalue weighted by Crippen LogP contribution is -2.41. The highest BCUT2D eigenvalue weighted by atomic mass is 32.2. The average Bonchev–Trinajstić information content (AvgIpc) is 2.80. The maximum Gasteiger partial charge on any atom is 0.260 e. The standard InChI is InChI=1S/C9H16N4O3S/c1-10-6-8-7-11-12-9(8)17(14,15)13-2-4-16-5-3-13/h7,10H,2-6H2,1H3,(H,11,12). The van der Waals surface area contributed by atoms with E-state index in [2.05, 4.69) is 15.5 Å². The number of aromatic amines is 1.